The molecular weight excluding hydrogens is 214 g/mol. The fraction of sp³-hybridized carbons (Fsp3) is 0.231. The van der Waals surface area contributed by atoms with E-state index < -0.39 is 0 Å². The van der Waals surface area contributed by atoms with Gasteiger partial charge in [0, 0.05) is 25.2 Å². The van der Waals surface area contributed by atoms with Crippen LogP contribution in [0, 0.1) is 0 Å². The molecule has 0 atom stereocenters. The molecule has 2 aromatic rings. The van der Waals surface area contributed by atoms with Gasteiger partial charge in [-0.2, -0.15) is 0 Å². The predicted octanol–water partition coefficient (Wildman–Crippen LogP) is 2.12. The highest BCUT2D eigenvalue weighted by Gasteiger charge is 2.17. The quantitative estimate of drug-likeness (QED) is 0.853. The van der Waals surface area contributed by atoms with E-state index in [1.54, 1.807) is 6.20 Å². The predicted molar refractivity (Wildman–Crippen MR) is 66.2 cm³/mol. The lowest BCUT2D eigenvalue weighted by molar-refractivity contribution is 0.358. The van der Waals surface area contributed by atoms with Crippen LogP contribution in [0.5, 0.6) is 5.75 Å². The summed E-state index contributed by atoms with van der Waals surface area (Å²) < 4.78 is 5.68. The van der Waals surface area contributed by atoms with Crippen molar-refractivity contribution >= 4 is 5.95 Å². The van der Waals surface area contributed by atoms with Crippen molar-refractivity contribution in [3.63, 3.8) is 0 Å². The van der Waals surface area contributed by atoms with Crippen LogP contribution in [0.2, 0.25) is 0 Å². The van der Waals surface area contributed by atoms with Gasteiger partial charge in [-0.15, -0.1) is 0 Å². The number of rotatable bonds is 2. The van der Waals surface area contributed by atoms with Gasteiger partial charge in [0.25, 0.3) is 0 Å². The van der Waals surface area contributed by atoms with Crippen molar-refractivity contribution in [2.75, 3.05) is 19.0 Å². The molecule has 2 heterocycles. The number of fused-ring (bicyclic) bond motifs is 1. The Kier molecular flexibility index (Phi) is 2.40. The first-order chi connectivity index (χ1) is 8.38. The minimum absolute atomic E-state index is 0.623. The molecule has 0 amide bonds. The molecule has 86 valence electrons. The average molecular weight is 227 g/mol. The Bertz CT molecular complexity index is 554. The first-order valence-electron chi connectivity index (χ1n) is 5.64. The van der Waals surface area contributed by atoms with Gasteiger partial charge in [0.15, 0.2) is 0 Å². The summed E-state index contributed by atoms with van der Waals surface area (Å²) >= 11 is 0. The maximum atomic E-state index is 5.68. The van der Waals surface area contributed by atoms with Crippen molar-refractivity contribution in [1.29, 1.82) is 0 Å². The van der Waals surface area contributed by atoms with Crippen molar-refractivity contribution in [2.45, 2.75) is 6.42 Å². The fourth-order valence-corrected chi connectivity index (χ4v) is 2.05. The van der Waals surface area contributed by atoms with Crippen LogP contribution in [0.1, 0.15) is 5.56 Å². The monoisotopic (exact) mass is 227 g/mol. The van der Waals surface area contributed by atoms with Crippen molar-refractivity contribution in [3.05, 3.63) is 36.0 Å². The lowest BCUT2D eigenvalue weighted by Gasteiger charge is -2.08. The van der Waals surface area contributed by atoms with Crippen LogP contribution in [0.25, 0.3) is 11.3 Å². The molecule has 0 aliphatic carbocycles. The fourth-order valence-electron chi connectivity index (χ4n) is 2.05. The zero-order valence-electron chi connectivity index (χ0n) is 9.60. The first-order valence-corrected chi connectivity index (χ1v) is 5.64. The summed E-state index contributed by atoms with van der Waals surface area (Å²) in [6, 6.07) is 8.08. The topological polar surface area (TPSA) is 47.0 Å². The summed E-state index contributed by atoms with van der Waals surface area (Å²) in [4.78, 5) is 8.55. The Morgan fingerprint density at radius 1 is 1.29 bits per heavy atom. The van der Waals surface area contributed by atoms with Gasteiger partial charge in [-0.05, 0) is 17.7 Å². The molecule has 17 heavy (non-hydrogen) atoms. The second-order valence-electron chi connectivity index (χ2n) is 3.91. The van der Waals surface area contributed by atoms with Gasteiger partial charge in [0.05, 0.1) is 12.3 Å². The van der Waals surface area contributed by atoms with Crippen LogP contribution in [0.4, 0.5) is 5.95 Å². The highest BCUT2D eigenvalue weighted by atomic mass is 16.5. The molecular formula is C13H13N3O. The standard InChI is InChI=1S/C13H13N3O/c1-14-13-15-7-5-11(16-13)10-4-2-3-9-6-8-17-12(9)10/h2-5,7H,6,8H2,1H3,(H,14,15,16). The zero-order valence-corrected chi connectivity index (χ0v) is 9.60. The summed E-state index contributed by atoms with van der Waals surface area (Å²) in [5.41, 5.74) is 3.19. The molecule has 1 aromatic heterocycles. The third-order valence-electron chi connectivity index (χ3n) is 2.87. The summed E-state index contributed by atoms with van der Waals surface area (Å²) in [5.74, 6) is 1.59. The molecule has 0 bridgehead atoms. The van der Waals surface area contributed by atoms with E-state index in [0.717, 1.165) is 30.0 Å². The highest BCUT2D eigenvalue weighted by Crippen LogP contribution is 2.35. The molecule has 1 aliphatic heterocycles. The van der Waals surface area contributed by atoms with E-state index in [1.807, 2.05) is 25.2 Å². The maximum Gasteiger partial charge on any atom is 0.222 e. The van der Waals surface area contributed by atoms with Crippen LogP contribution in [-0.2, 0) is 6.42 Å². The van der Waals surface area contributed by atoms with Crippen LogP contribution in [0.15, 0.2) is 30.5 Å². The number of benzene rings is 1. The van der Waals surface area contributed by atoms with Gasteiger partial charge in [0.1, 0.15) is 5.75 Å². The Morgan fingerprint density at radius 3 is 3.12 bits per heavy atom. The summed E-state index contributed by atoms with van der Waals surface area (Å²) in [6.07, 6.45) is 2.73. The number of hydrogen-bond acceptors (Lipinski definition) is 4. The van der Waals surface area contributed by atoms with Gasteiger partial charge in [0.2, 0.25) is 5.95 Å². The van der Waals surface area contributed by atoms with Gasteiger partial charge >= 0.3 is 0 Å². The van der Waals surface area contributed by atoms with Crippen molar-refractivity contribution in [3.8, 4) is 17.0 Å². The molecule has 3 rings (SSSR count). The number of ether oxygens (including phenoxy) is 1. The first kappa shape index (κ1) is 10.1. The number of para-hydroxylation sites is 1. The SMILES string of the molecule is CNc1nccc(-c2cccc3c2OCC3)n1. The van der Waals surface area contributed by atoms with E-state index in [-0.39, 0.29) is 0 Å². The number of hydrogen-bond donors (Lipinski definition) is 1. The molecule has 1 aliphatic rings. The van der Waals surface area contributed by atoms with Crippen LogP contribution < -0.4 is 10.1 Å². The molecule has 0 saturated carbocycles. The number of nitrogens with one attached hydrogen (secondary N) is 1. The molecule has 4 nitrogen and oxygen atoms in total. The summed E-state index contributed by atoms with van der Waals surface area (Å²) in [7, 11) is 1.81. The molecule has 0 spiro atoms. The lowest BCUT2D eigenvalue weighted by Crippen LogP contribution is -1.97. The Hall–Kier alpha value is -2.10. The molecule has 0 saturated heterocycles. The van der Waals surface area contributed by atoms with Crippen molar-refractivity contribution in [1.82, 2.24) is 9.97 Å². The minimum Gasteiger partial charge on any atom is -0.492 e. The molecule has 0 radical (unpaired) electrons. The van der Waals surface area contributed by atoms with Crippen LogP contribution >= 0.6 is 0 Å². The highest BCUT2D eigenvalue weighted by molar-refractivity contribution is 5.70. The van der Waals surface area contributed by atoms with Gasteiger partial charge < -0.3 is 10.1 Å². The third-order valence-corrected chi connectivity index (χ3v) is 2.87. The Morgan fingerprint density at radius 2 is 2.24 bits per heavy atom. The van der Waals surface area contributed by atoms with Gasteiger partial charge in [-0.25, -0.2) is 9.97 Å². The van der Waals surface area contributed by atoms with E-state index >= 15 is 0 Å². The van der Waals surface area contributed by atoms with Crippen molar-refractivity contribution in [2.24, 2.45) is 0 Å². The smallest absolute Gasteiger partial charge is 0.222 e. The number of nitrogens with zero attached hydrogens (tertiary/aromatic N) is 2. The molecule has 0 unspecified atom stereocenters. The third kappa shape index (κ3) is 1.71. The Labute approximate surface area is 99.7 Å². The lowest BCUT2D eigenvalue weighted by atomic mass is 10.1. The van der Waals surface area contributed by atoms with Crippen LogP contribution in [-0.4, -0.2) is 23.6 Å². The zero-order chi connectivity index (χ0) is 11.7. The minimum atomic E-state index is 0.623. The summed E-state index contributed by atoms with van der Waals surface area (Å²) in [6.45, 7) is 0.760. The largest absolute Gasteiger partial charge is 0.492 e. The Balaban J connectivity index is 2.12. The van der Waals surface area contributed by atoms with E-state index in [9.17, 15) is 0 Å². The van der Waals surface area contributed by atoms with E-state index in [4.69, 9.17) is 4.74 Å². The molecule has 0 fully saturated rings. The molecule has 4 heteroatoms. The number of aromatic nitrogens is 2. The second kappa shape index (κ2) is 4.05. The average Bonchev–Trinajstić information content (AvgIpc) is 2.87. The molecule has 1 aromatic carbocycles. The van der Waals surface area contributed by atoms with E-state index in [1.165, 1.54) is 5.56 Å². The summed E-state index contributed by atoms with van der Waals surface area (Å²) in [5, 5.41) is 2.94. The van der Waals surface area contributed by atoms with E-state index in [0.29, 0.717) is 5.95 Å². The van der Waals surface area contributed by atoms with E-state index in [2.05, 4.69) is 21.4 Å². The van der Waals surface area contributed by atoms with Crippen molar-refractivity contribution < 1.29 is 4.74 Å². The second-order valence-corrected chi connectivity index (χ2v) is 3.91. The number of anilines is 1. The van der Waals surface area contributed by atoms with Crippen LogP contribution in [0.3, 0.4) is 0 Å². The van der Waals surface area contributed by atoms with Gasteiger partial charge in [-0.3, -0.25) is 0 Å². The van der Waals surface area contributed by atoms with Gasteiger partial charge in [-0.1, -0.05) is 12.1 Å². The molecule has 1 N–H and O–H groups in total. The normalized spacial score (nSPS) is 13.0. The maximum absolute atomic E-state index is 5.68.